The Hall–Kier alpha value is -3.28. The van der Waals surface area contributed by atoms with Crippen LogP contribution in [0.15, 0.2) is 53.3 Å². The number of aromatic amines is 1. The number of aromatic nitrogens is 2. The average Bonchev–Trinajstić information content (AvgIpc) is 2.66. The van der Waals surface area contributed by atoms with Crippen molar-refractivity contribution in [3.05, 3.63) is 58.9 Å². The van der Waals surface area contributed by atoms with Crippen molar-refractivity contribution in [2.75, 3.05) is 18.9 Å². The minimum atomic E-state index is -0.413. The highest BCUT2D eigenvalue weighted by Gasteiger charge is 2.13. The molecular weight excluding hydrogens is 330 g/mol. The largest absolute Gasteiger partial charge is 0.494 e. The third-order valence-electron chi connectivity index (χ3n) is 3.83. The van der Waals surface area contributed by atoms with Gasteiger partial charge in [-0.2, -0.15) is 0 Å². The van der Waals surface area contributed by atoms with Crippen LogP contribution in [0.2, 0.25) is 0 Å². The number of nitrogens with one attached hydrogen (secondary N) is 1. The van der Waals surface area contributed by atoms with Gasteiger partial charge in [-0.15, -0.1) is 0 Å². The van der Waals surface area contributed by atoms with Crippen LogP contribution in [0.4, 0.5) is 5.82 Å². The second-order valence-electron chi connectivity index (χ2n) is 5.59. The SMILES string of the molecule is CCOc1ccc(-c2nc(N)c(=O)[nH]c2-c2ccc(OCC)cc2)cc1. The molecule has 3 aromatic rings. The molecular formula is C20H21N3O3. The van der Waals surface area contributed by atoms with Crippen LogP contribution in [0.3, 0.4) is 0 Å². The highest BCUT2D eigenvalue weighted by molar-refractivity contribution is 5.79. The zero-order chi connectivity index (χ0) is 18.5. The van der Waals surface area contributed by atoms with Crippen LogP contribution in [0, 0.1) is 0 Å². The highest BCUT2D eigenvalue weighted by Crippen LogP contribution is 2.30. The Bertz CT molecular complexity index is 932. The third-order valence-corrected chi connectivity index (χ3v) is 3.83. The van der Waals surface area contributed by atoms with E-state index in [2.05, 4.69) is 9.97 Å². The van der Waals surface area contributed by atoms with Gasteiger partial charge in [-0.1, -0.05) is 0 Å². The molecule has 3 rings (SSSR count). The van der Waals surface area contributed by atoms with Gasteiger partial charge in [0.05, 0.1) is 24.6 Å². The quantitative estimate of drug-likeness (QED) is 0.709. The molecule has 0 aliphatic rings. The molecule has 0 aliphatic heterocycles. The number of hydrogen-bond acceptors (Lipinski definition) is 5. The molecule has 2 aromatic carbocycles. The Morgan fingerprint density at radius 3 is 1.88 bits per heavy atom. The van der Waals surface area contributed by atoms with Gasteiger partial charge < -0.3 is 20.2 Å². The monoisotopic (exact) mass is 351 g/mol. The van der Waals surface area contributed by atoms with Crippen molar-refractivity contribution in [2.24, 2.45) is 0 Å². The molecule has 0 bridgehead atoms. The molecule has 6 nitrogen and oxygen atoms in total. The number of H-pyrrole nitrogens is 1. The van der Waals surface area contributed by atoms with Crippen LogP contribution in [0.5, 0.6) is 11.5 Å². The van der Waals surface area contributed by atoms with Gasteiger partial charge in [0.15, 0.2) is 5.82 Å². The van der Waals surface area contributed by atoms with Crippen LogP contribution >= 0.6 is 0 Å². The van der Waals surface area contributed by atoms with E-state index >= 15 is 0 Å². The normalized spacial score (nSPS) is 10.5. The summed E-state index contributed by atoms with van der Waals surface area (Å²) in [7, 11) is 0. The maximum absolute atomic E-state index is 12.0. The van der Waals surface area contributed by atoms with E-state index in [1.165, 1.54) is 0 Å². The topological polar surface area (TPSA) is 90.2 Å². The van der Waals surface area contributed by atoms with Crippen molar-refractivity contribution in [3.8, 4) is 34.0 Å². The molecule has 0 unspecified atom stereocenters. The lowest BCUT2D eigenvalue weighted by molar-refractivity contribution is 0.340. The predicted octanol–water partition coefficient (Wildman–Crippen LogP) is 3.48. The summed E-state index contributed by atoms with van der Waals surface area (Å²) >= 11 is 0. The van der Waals surface area contributed by atoms with Crippen LogP contribution in [0.25, 0.3) is 22.5 Å². The van der Waals surface area contributed by atoms with Gasteiger partial charge in [0, 0.05) is 11.1 Å². The van der Waals surface area contributed by atoms with E-state index in [0.717, 1.165) is 22.6 Å². The van der Waals surface area contributed by atoms with Crippen molar-refractivity contribution in [2.45, 2.75) is 13.8 Å². The fourth-order valence-corrected chi connectivity index (χ4v) is 2.64. The highest BCUT2D eigenvalue weighted by atomic mass is 16.5. The van der Waals surface area contributed by atoms with E-state index < -0.39 is 5.56 Å². The third kappa shape index (κ3) is 3.69. The summed E-state index contributed by atoms with van der Waals surface area (Å²) < 4.78 is 10.9. The number of nitrogens with two attached hydrogens (primary N) is 1. The molecule has 0 radical (unpaired) electrons. The summed E-state index contributed by atoms with van der Waals surface area (Å²) in [6.45, 7) is 5.05. The van der Waals surface area contributed by atoms with Gasteiger partial charge in [-0.3, -0.25) is 4.79 Å². The minimum Gasteiger partial charge on any atom is -0.494 e. The Morgan fingerprint density at radius 1 is 0.885 bits per heavy atom. The number of anilines is 1. The van der Waals surface area contributed by atoms with Gasteiger partial charge in [0.2, 0.25) is 0 Å². The first-order valence-electron chi connectivity index (χ1n) is 8.48. The van der Waals surface area contributed by atoms with E-state index in [1.54, 1.807) is 0 Å². The molecule has 134 valence electrons. The lowest BCUT2D eigenvalue weighted by Crippen LogP contribution is -2.16. The molecule has 0 atom stereocenters. The molecule has 0 spiro atoms. The number of ether oxygens (including phenoxy) is 2. The molecule has 26 heavy (non-hydrogen) atoms. The average molecular weight is 351 g/mol. The van der Waals surface area contributed by atoms with Crippen LogP contribution in [0.1, 0.15) is 13.8 Å². The Morgan fingerprint density at radius 2 is 1.38 bits per heavy atom. The maximum atomic E-state index is 12.0. The minimum absolute atomic E-state index is 0.0661. The first kappa shape index (κ1) is 17.5. The van der Waals surface area contributed by atoms with Crippen molar-refractivity contribution < 1.29 is 9.47 Å². The zero-order valence-corrected chi connectivity index (χ0v) is 14.8. The van der Waals surface area contributed by atoms with Crippen molar-refractivity contribution in [1.29, 1.82) is 0 Å². The van der Waals surface area contributed by atoms with Gasteiger partial charge in [0.25, 0.3) is 5.56 Å². The summed E-state index contributed by atoms with van der Waals surface area (Å²) in [5.41, 5.74) is 8.20. The Balaban J connectivity index is 2.07. The first-order chi connectivity index (χ1) is 12.6. The van der Waals surface area contributed by atoms with Crippen molar-refractivity contribution >= 4 is 5.82 Å². The molecule has 1 heterocycles. The Labute approximate surface area is 151 Å². The zero-order valence-electron chi connectivity index (χ0n) is 14.8. The number of hydrogen-bond donors (Lipinski definition) is 2. The number of rotatable bonds is 6. The van der Waals surface area contributed by atoms with E-state index in [9.17, 15) is 4.79 Å². The van der Waals surface area contributed by atoms with E-state index in [1.807, 2.05) is 62.4 Å². The van der Waals surface area contributed by atoms with Crippen LogP contribution in [-0.2, 0) is 0 Å². The molecule has 3 N–H and O–H groups in total. The summed E-state index contributed by atoms with van der Waals surface area (Å²) in [4.78, 5) is 19.2. The van der Waals surface area contributed by atoms with Gasteiger partial charge in [-0.05, 0) is 62.4 Å². The van der Waals surface area contributed by atoms with Crippen LogP contribution in [-0.4, -0.2) is 23.2 Å². The second kappa shape index (κ2) is 7.74. The maximum Gasteiger partial charge on any atom is 0.290 e. The summed E-state index contributed by atoms with van der Waals surface area (Å²) in [6, 6.07) is 15.0. The van der Waals surface area contributed by atoms with Crippen LogP contribution < -0.4 is 20.8 Å². The van der Waals surface area contributed by atoms with Crippen molar-refractivity contribution in [3.63, 3.8) is 0 Å². The molecule has 0 saturated carbocycles. The molecule has 1 aromatic heterocycles. The fraction of sp³-hybridized carbons (Fsp3) is 0.200. The van der Waals surface area contributed by atoms with Crippen molar-refractivity contribution in [1.82, 2.24) is 9.97 Å². The van der Waals surface area contributed by atoms with E-state index in [4.69, 9.17) is 15.2 Å². The molecule has 0 fully saturated rings. The lowest BCUT2D eigenvalue weighted by atomic mass is 10.0. The summed E-state index contributed by atoms with van der Waals surface area (Å²) in [5, 5.41) is 0. The van der Waals surface area contributed by atoms with Gasteiger partial charge >= 0.3 is 0 Å². The second-order valence-corrected chi connectivity index (χ2v) is 5.59. The Kier molecular flexibility index (Phi) is 5.22. The van der Waals surface area contributed by atoms with E-state index in [0.29, 0.717) is 24.6 Å². The summed E-state index contributed by atoms with van der Waals surface area (Å²) in [6.07, 6.45) is 0. The molecule has 6 heteroatoms. The fourth-order valence-electron chi connectivity index (χ4n) is 2.64. The smallest absolute Gasteiger partial charge is 0.290 e. The number of nitrogens with zero attached hydrogens (tertiary/aromatic N) is 1. The molecule has 0 aliphatic carbocycles. The predicted molar refractivity (Wildman–Crippen MR) is 102 cm³/mol. The first-order valence-corrected chi connectivity index (χ1v) is 8.48. The van der Waals surface area contributed by atoms with Gasteiger partial charge in [0.1, 0.15) is 11.5 Å². The van der Waals surface area contributed by atoms with E-state index in [-0.39, 0.29) is 5.82 Å². The molecule has 0 saturated heterocycles. The van der Waals surface area contributed by atoms with Gasteiger partial charge in [-0.25, -0.2) is 4.98 Å². The number of benzene rings is 2. The number of nitrogen functional groups attached to an aromatic ring is 1. The standard InChI is InChI=1S/C20H21N3O3/c1-3-25-15-9-5-13(6-10-15)17-18(23-20(24)19(21)22-17)14-7-11-16(12-8-14)26-4-2/h5-12H,3-4H2,1-2H3,(H2,21,22)(H,23,24). The molecule has 0 amide bonds. The lowest BCUT2D eigenvalue weighted by Gasteiger charge is -2.11. The summed E-state index contributed by atoms with van der Waals surface area (Å²) in [5.74, 6) is 1.48.